The number of nitrogens with one attached hydrogen (secondary N) is 2. The number of carboxylic acids is 1. The monoisotopic (exact) mass is 581 g/mol. The number of imidazole rings is 1. The van der Waals surface area contributed by atoms with Crippen molar-refractivity contribution in [3.63, 3.8) is 0 Å². The summed E-state index contributed by atoms with van der Waals surface area (Å²) in [5.74, 6) is -1.57. The second kappa shape index (κ2) is 13.3. The highest BCUT2D eigenvalue weighted by Gasteiger charge is 2.36. The van der Waals surface area contributed by atoms with Gasteiger partial charge in [0.2, 0.25) is 5.91 Å². The summed E-state index contributed by atoms with van der Waals surface area (Å²) in [6.45, 7) is 4.50. The molecule has 3 aromatic rings. The van der Waals surface area contributed by atoms with Gasteiger partial charge in [-0.15, -0.1) is 0 Å². The Balaban J connectivity index is 1.48. The van der Waals surface area contributed by atoms with Crippen LogP contribution in [0.4, 0.5) is 15.4 Å². The number of ether oxygens (including phenoxy) is 2. The maximum Gasteiger partial charge on any atom is 0.413 e. The number of hydrogen-bond acceptors (Lipinski definition) is 9. The SMILES string of the molecule is CC(C)(C)OC(=O)N[C@H]1CCCC[C@H]1N(CC(=O)O)C(=O)Cn1cnc2c(NC(=O)OCc3ccccc3)ncnc21. The van der Waals surface area contributed by atoms with Gasteiger partial charge in [-0.1, -0.05) is 43.2 Å². The molecule has 2 heterocycles. The smallest absolute Gasteiger partial charge is 0.413 e. The molecule has 1 aliphatic rings. The van der Waals surface area contributed by atoms with Crippen molar-refractivity contribution < 1.29 is 33.8 Å². The highest BCUT2D eigenvalue weighted by atomic mass is 16.6. The lowest BCUT2D eigenvalue weighted by Crippen LogP contribution is -2.57. The molecule has 0 radical (unpaired) electrons. The van der Waals surface area contributed by atoms with Crippen molar-refractivity contribution in [3.8, 4) is 0 Å². The van der Waals surface area contributed by atoms with E-state index in [1.54, 1.807) is 20.8 Å². The third-order valence-electron chi connectivity index (χ3n) is 6.60. The fourth-order valence-electron chi connectivity index (χ4n) is 4.83. The number of fused-ring (bicyclic) bond motifs is 1. The van der Waals surface area contributed by atoms with Crippen molar-refractivity contribution in [1.82, 2.24) is 29.7 Å². The first kappa shape index (κ1) is 30.2. The average Bonchev–Trinajstić information content (AvgIpc) is 3.34. The maximum absolute atomic E-state index is 13.6. The number of anilines is 1. The van der Waals surface area contributed by atoms with Crippen molar-refractivity contribution in [2.75, 3.05) is 11.9 Å². The minimum atomic E-state index is -1.18. The lowest BCUT2D eigenvalue weighted by molar-refractivity contribution is -0.147. The van der Waals surface area contributed by atoms with Gasteiger partial charge in [0.1, 0.15) is 31.6 Å². The van der Waals surface area contributed by atoms with Crippen molar-refractivity contribution in [2.24, 2.45) is 0 Å². The summed E-state index contributed by atoms with van der Waals surface area (Å²) < 4.78 is 12.1. The van der Waals surface area contributed by atoms with Crippen molar-refractivity contribution >= 4 is 41.0 Å². The molecule has 0 saturated heterocycles. The Morgan fingerprint density at radius 1 is 1.05 bits per heavy atom. The predicted octanol–water partition coefficient (Wildman–Crippen LogP) is 3.32. The van der Waals surface area contributed by atoms with Gasteiger partial charge in [0.05, 0.1) is 18.4 Å². The van der Waals surface area contributed by atoms with Crippen molar-refractivity contribution in [1.29, 1.82) is 0 Å². The van der Waals surface area contributed by atoms with Crippen LogP contribution in [-0.4, -0.2) is 77.8 Å². The Bertz CT molecular complexity index is 1420. The lowest BCUT2D eigenvalue weighted by atomic mass is 9.89. The Hall–Kier alpha value is -4.75. The van der Waals surface area contributed by atoms with Gasteiger partial charge in [0, 0.05) is 0 Å². The van der Waals surface area contributed by atoms with Gasteiger partial charge < -0.3 is 29.4 Å². The molecule has 224 valence electrons. The molecule has 4 rings (SSSR count). The van der Waals surface area contributed by atoms with E-state index in [2.05, 4.69) is 25.6 Å². The molecular formula is C28H35N7O7. The third-order valence-corrected chi connectivity index (χ3v) is 6.60. The average molecular weight is 582 g/mol. The van der Waals surface area contributed by atoms with Crippen LogP contribution in [0.5, 0.6) is 0 Å². The number of rotatable bonds is 9. The summed E-state index contributed by atoms with van der Waals surface area (Å²) in [5, 5.41) is 15.0. The Morgan fingerprint density at radius 3 is 2.50 bits per heavy atom. The number of benzene rings is 1. The normalized spacial score (nSPS) is 16.8. The van der Waals surface area contributed by atoms with Gasteiger partial charge in [0.15, 0.2) is 17.0 Å². The fraction of sp³-hybridized carbons (Fsp3) is 0.464. The fourth-order valence-corrected chi connectivity index (χ4v) is 4.83. The minimum absolute atomic E-state index is 0.0637. The highest BCUT2D eigenvalue weighted by Crippen LogP contribution is 2.25. The number of aliphatic carboxylic acids is 1. The van der Waals surface area contributed by atoms with Gasteiger partial charge in [-0.2, -0.15) is 0 Å². The number of carbonyl (C=O) groups is 4. The van der Waals surface area contributed by atoms with Crippen molar-refractivity contribution in [2.45, 2.75) is 77.3 Å². The first-order valence-electron chi connectivity index (χ1n) is 13.6. The number of alkyl carbamates (subject to hydrolysis) is 1. The summed E-state index contributed by atoms with van der Waals surface area (Å²) in [6.07, 6.45) is 3.91. The molecule has 42 heavy (non-hydrogen) atoms. The molecule has 2 atom stereocenters. The quantitative estimate of drug-likeness (QED) is 0.339. The molecule has 14 heteroatoms. The van der Waals surface area contributed by atoms with Gasteiger partial charge in [-0.25, -0.2) is 24.5 Å². The van der Waals surface area contributed by atoms with Crippen LogP contribution in [0.2, 0.25) is 0 Å². The standard InChI is InChI=1S/C28H35N7O7/c1-28(2,3)42-27(40)32-19-11-7-8-12-20(19)35(14-22(37)38)21(36)13-34-17-31-23-24(29-16-30-25(23)34)33-26(39)41-15-18-9-5-4-6-10-18/h4-6,9-10,16-17,19-20H,7-8,11-15H2,1-3H3,(H,32,40)(H,37,38)(H,29,30,33,39)/t19-,20+/m0/s1. The van der Waals surface area contributed by atoms with E-state index in [0.717, 1.165) is 18.4 Å². The zero-order chi connectivity index (χ0) is 30.3. The molecule has 0 spiro atoms. The van der Waals surface area contributed by atoms with Gasteiger partial charge >= 0.3 is 18.2 Å². The van der Waals surface area contributed by atoms with E-state index < -0.39 is 48.3 Å². The molecule has 1 fully saturated rings. The lowest BCUT2D eigenvalue weighted by Gasteiger charge is -2.39. The van der Waals surface area contributed by atoms with Crippen molar-refractivity contribution in [3.05, 3.63) is 48.5 Å². The van der Waals surface area contributed by atoms with E-state index in [0.29, 0.717) is 12.8 Å². The van der Waals surface area contributed by atoms with Gasteiger partial charge in [-0.3, -0.25) is 14.9 Å². The van der Waals surface area contributed by atoms with Gasteiger partial charge in [-0.05, 0) is 39.2 Å². The number of aromatic nitrogens is 4. The molecule has 2 aromatic heterocycles. The van der Waals surface area contributed by atoms with Crippen LogP contribution < -0.4 is 10.6 Å². The number of hydrogen-bond donors (Lipinski definition) is 3. The Morgan fingerprint density at radius 2 is 1.79 bits per heavy atom. The third kappa shape index (κ3) is 8.15. The van der Waals surface area contributed by atoms with Crippen LogP contribution in [0, 0.1) is 0 Å². The molecule has 0 unspecified atom stereocenters. The van der Waals surface area contributed by atoms with E-state index >= 15 is 0 Å². The van der Waals surface area contributed by atoms with Crippen LogP contribution >= 0.6 is 0 Å². The first-order valence-corrected chi connectivity index (χ1v) is 13.6. The molecular weight excluding hydrogens is 546 g/mol. The summed E-state index contributed by atoms with van der Waals surface area (Å²) in [7, 11) is 0. The van der Waals surface area contributed by atoms with Crippen LogP contribution in [-0.2, 0) is 32.2 Å². The van der Waals surface area contributed by atoms with E-state index in [1.165, 1.54) is 22.1 Å². The largest absolute Gasteiger partial charge is 0.480 e. The Labute approximate surface area is 242 Å². The molecule has 1 aliphatic carbocycles. The molecule has 3 amide bonds. The number of carbonyl (C=O) groups excluding carboxylic acids is 3. The topological polar surface area (TPSA) is 178 Å². The molecule has 0 aliphatic heterocycles. The summed E-state index contributed by atoms with van der Waals surface area (Å²) in [4.78, 5) is 64.1. The summed E-state index contributed by atoms with van der Waals surface area (Å²) >= 11 is 0. The van der Waals surface area contributed by atoms with Crippen LogP contribution in [0.25, 0.3) is 11.2 Å². The number of nitrogens with zero attached hydrogens (tertiary/aromatic N) is 5. The molecule has 1 saturated carbocycles. The second-order valence-electron chi connectivity index (χ2n) is 11.0. The minimum Gasteiger partial charge on any atom is -0.480 e. The van der Waals surface area contributed by atoms with Crippen LogP contribution in [0.3, 0.4) is 0 Å². The predicted molar refractivity (Wildman–Crippen MR) is 150 cm³/mol. The molecule has 1 aromatic carbocycles. The zero-order valence-corrected chi connectivity index (χ0v) is 23.8. The molecule has 0 bridgehead atoms. The second-order valence-corrected chi connectivity index (χ2v) is 11.0. The molecule has 14 nitrogen and oxygen atoms in total. The Kier molecular flexibility index (Phi) is 9.55. The van der Waals surface area contributed by atoms with E-state index in [4.69, 9.17) is 9.47 Å². The number of carboxylic acid groups (broad SMARTS) is 1. The highest BCUT2D eigenvalue weighted by molar-refractivity contribution is 5.93. The van der Waals surface area contributed by atoms with Gasteiger partial charge in [0.25, 0.3) is 0 Å². The zero-order valence-electron chi connectivity index (χ0n) is 23.8. The first-order chi connectivity index (χ1) is 20.0. The van der Waals surface area contributed by atoms with E-state index in [-0.39, 0.29) is 30.1 Å². The summed E-state index contributed by atoms with van der Waals surface area (Å²) in [5.41, 5.74) is 0.602. The van der Waals surface area contributed by atoms with E-state index in [9.17, 15) is 24.3 Å². The molecule has 3 N–H and O–H groups in total. The van der Waals surface area contributed by atoms with Crippen LogP contribution in [0.15, 0.2) is 43.0 Å². The summed E-state index contributed by atoms with van der Waals surface area (Å²) in [6, 6.07) is 8.16. The van der Waals surface area contributed by atoms with E-state index in [1.807, 2.05) is 30.3 Å². The van der Waals surface area contributed by atoms with Crippen LogP contribution in [0.1, 0.15) is 52.0 Å². The maximum atomic E-state index is 13.6. The number of amides is 3.